The minimum atomic E-state index is -3.03. The van der Waals surface area contributed by atoms with Gasteiger partial charge in [-0.2, -0.15) is 13.9 Å². The summed E-state index contributed by atoms with van der Waals surface area (Å²) in [5.41, 5.74) is 7.84. The molecule has 3 heterocycles. The topological polar surface area (TPSA) is 112 Å². The highest BCUT2D eigenvalue weighted by molar-refractivity contribution is 7.88. The van der Waals surface area contributed by atoms with Gasteiger partial charge in [0.15, 0.2) is 0 Å². The number of halogens is 2. The summed E-state index contributed by atoms with van der Waals surface area (Å²) in [4.78, 5) is 15.6. The van der Waals surface area contributed by atoms with Crippen LogP contribution in [0.2, 0.25) is 0 Å². The van der Waals surface area contributed by atoms with E-state index in [4.69, 9.17) is 12.2 Å². The molecule has 9 nitrogen and oxygen atoms in total. The first-order valence-corrected chi connectivity index (χ1v) is 13.4. The molecule has 0 aliphatic carbocycles. The number of ketones is 1. The lowest BCUT2D eigenvalue weighted by Crippen LogP contribution is -2.48. The number of nitrogens with zero attached hydrogens (tertiary/aromatic N) is 4. The third-order valence-corrected chi connectivity index (χ3v) is 6.99. The zero-order chi connectivity index (χ0) is 26.9. The lowest BCUT2D eigenvalue weighted by Gasteiger charge is -2.33. The smallest absolute Gasteiger partial charge is 0.346 e. The molecule has 0 bridgehead atoms. The molecule has 0 spiro atoms. The first-order valence-electron chi connectivity index (χ1n) is 11.8. The van der Waals surface area contributed by atoms with E-state index in [-0.39, 0.29) is 17.1 Å². The third-order valence-electron chi connectivity index (χ3n) is 5.90. The largest absolute Gasteiger partial charge is 0.598 e. The highest BCUT2D eigenvalue weighted by Gasteiger charge is 2.25. The van der Waals surface area contributed by atoms with E-state index in [2.05, 4.69) is 26.0 Å². The zero-order valence-electron chi connectivity index (χ0n) is 20.9. The van der Waals surface area contributed by atoms with E-state index in [1.165, 1.54) is 17.0 Å². The summed E-state index contributed by atoms with van der Waals surface area (Å²) in [5.74, 6) is 1.98. The second-order valence-corrected chi connectivity index (χ2v) is 9.84. The molecule has 0 saturated carbocycles. The molecule has 2 unspecified atom stereocenters. The summed E-state index contributed by atoms with van der Waals surface area (Å²) in [7, 11) is 0. The maximum atomic E-state index is 13.4. The highest BCUT2D eigenvalue weighted by atomic mass is 32.2. The summed E-state index contributed by atoms with van der Waals surface area (Å²) in [6, 6.07) is 0. The minimum Gasteiger partial charge on any atom is -0.598 e. The van der Waals surface area contributed by atoms with Crippen LogP contribution in [0.3, 0.4) is 0 Å². The number of piperazine rings is 1. The highest BCUT2D eigenvalue weighted by Crippen LogP contribution is 2.25. The number of hydrogen-bond acceptors (Lipinski definition) is 8. The van der Waals surface area contributed by atoms with Crippen molar-refractivity contribution in [3.05, 3.63) is 53.0 Å². The fourth-order valence-corrected chi connectivity index (χ4v) is 4.60. The van der Waals surface area contributed by atoms with Crippen molar-refractivity contribution in [3.8, 4) is 12.3 Å². The molecule has 0 aromatic carbocycles. The van der Waals surface area contributed by atoms with Crippen molar-refractivity contribution in [3.63, 3.8) is 0 Å². The average Bonchev–Trinajstić information content (AvgIpc) is 3.25. The molecular weight excluding hydrogens is 502 g/mol. The van der Waals surface area contributed by atoms with E-state index in [9.17, 15) is 18.1 Å². The lowest BCUT2D eigenvalue weighted by atomic mass is 9.98. The summed E-state index contributed by atoms with van der Waals surface area (Å²) in [6.45, 7) is 2.41. The average molecular weight is 535 g/mol. The predicted molar refractivity (Wildman–Crippen MR) is 140 cm³/mol. The molecule has 0 radical (unpaired) electrons. The number of carbonyl (C=O) groups excluding carboxylic acids is 1. The van der Waals surface area contributed by atoms with Crippen molar-refractivity contribution in [2.75, 3.05) is 44.7 Å². The van der Waals surface area contributed by atoms with Gasteiger partial charge in [-0.3, -0.25) is 9.69 Å². The fraction of sp³-hybridized carbons (Fsp3) is 0.440. The molecule has 37 heavy (non-hydrogen) atoms. The van der Waals surface area contributed by atoms with E-state index in [0.717, 1.165) is 19.5 Å². The van der Waals surface area contributed by atoms with E-state index in [0.29, 0.717) is 37.3 Å². The number of nitrogen functional groups attached to an aromatic ring is 1. The van der Waals surface area contributed by atoms with Crippen molar-refractivity contribution in [1.29, 1.82) is 0 Å². The summed E-state index contributed by atoms with van der Waals surface area (Å²) in [5, 5.41) is 7.31. The molecule has 2 aliphatic heterocycles. The van der Waals surface area contributed by atoms with Crippen LogP contribution < -0.4 is 11.1 Å². The van der Waals surface area contributed by atoms with Gasteiger partial charge in [0.1, 0.15) is 18.2 Å². The number of Topliss-reactive ketones (excluding diaryl/α,β-unsaturated/α-hetero) is 1. The Kier molecular flexibility index (Phi) is 10.5. The number of hydrogen-bond donors (Lipinski definition) is 2. The van der Waals surface area contributed by atoms with Crippen LogP contribution in [0.4, 0.5) is 14.6 Å². The van der Waals surface area contributed by atoms with Crippen molar-refractivity contribution in [2.45, 2.75) is 32.5 Å². The van der Waals surface area contributed by atoms with E-state index in [1.54, 1.807) is 18.5 Å². The Bertz CT molecular complexity index is 1110. The minimum absolute atomic E-state index is 0.188. The van der Waals surface area contributed by atoms with Crippen LogP contribution in [0.1, 0.15) is 30.1 Å². The predicted octanol–water partition coefficient (Wildman–Crippen LogP) is 2.37. The van der Waals surface area contributed by atoms with Crippen LogP contribution in [0.5, 0.6) is 0 Å². The molecule has 1 fully saturated rings. The van der Waals surface area contributed by atoms with Gasteiger partial charge >= 0.3 is 6.61 Å². The van der Waals surface area contributed by atoms with Gasteiger partial charge in [-0.1, -0.05) is 25.0 Å². The van der Waals surface area contributed by atoms with E-state index < -0.39 is 29.9 Å². The fourth-order valence-electron chi connectivity index (χ4n) is 3.92. The molecule has 1 saturated heterocycles. The number of nitrogens with one attached hydrogen (secondary N) is 1. The van der Waals surface area contributed by atoms with Crippen molar-refractivity contribution < 1.29 is 22.9 Å². The Morgan fingerprint density at radius 3 is 2.76 bits per heavy atom. The lowest BCUT2D eigenvalue weighted by molar-refractivity contribution is -0.136. The number of rotatable bonds is 10. The SMILES string of the molecule is C#CC(/C=C1/C=C(C(=O)c2cnn(/C=C/CC)c2N)N/C(=C/CN2CCN([S+](C)[O-])CC2)C1)OC(F)F. The van der Waals surface area contributed by atoms with E-state index >= 15 is 0 Å². The number of alkyl halides is 2. The van der Waals surface area contributed by atoms with Gasteiger partial charge in [0.2, 0.25) is 5.78 Å². The number of allylic oxidation sites excluding steroid dienone is 4. The van der Waals surface area contributed by atoms with Crippen LogP contribution in [0, 0.1) is 12.3 Å². The van der Waals surface area contributed by atoms with Gasteiger partial charge in [0.25, 0.3) is 0 Å². The number of aromatic nitrogens is 2. The first kappa shape index (κ1) is 28.6. The number of anilines is 1. The Labute approximate surface area is 219 Å². The molecule has 1 aromatic heterocycles. The summed E-state index contributed by atoms with van der Waals surface area (Å²) >= 11 is -0.998. The Balaban J connectivity index is 1.84. The molecule has 3 N–H and O–H groups in total. The maximum Gasteiger partial charge on any atom is 0.346 e. The summed E-state index contributed by atoms with van der Waals surface area (Å²) in [6.07, 6.45) is 16.7. The van der Waals surface area contributed by atoms with Crippen LogP contribution >= 0.6 is 0 Å². The number of terminal acetylenes is 1. The molecule has 200 valence electrons. The standard InChI is InChI=1S/C25H32F2N6O3S/c1-4-6-8-33-24(28)21(17-29-33)23(34)22-16-18(15-20(5-2)36-25(26)27)14-19(30-22)7-9-31-10-12-32(13-11-31)37(3)35/h2,6-8,15-17,20,25,30H,4,9-14,28H2,1,3H3/b8-6+,18-15+,19-7+. The normalized spacial score (nSPS) is 21.3. The van der Waals surface area contributed by atoms with Crippen LogP contribution in [-0.4, -0.2) is 81.0 Å². The second-order valence-electron chi connectivity index (χ2n) is 8.48. The van der Waals surface area contributed by atoms with E-state index in [1.807, 2.05) is 23.4 Å². The molecule has 0 amide bonds. The van der Waals surface area contributed by atoms with Crippen molar-refractivity contribution >= 4 is 29.2 Å². The molecule has 3 rings (SSSR count). The van der Waals surface area contributed by atoms with Crippen LogP contribution in [0.25, 0.3) is 6.20 Å². The maximum absolute atomic E-state index is 13.4. The molecular formula is C25H32F2N6O3S. The van der Waals surface area contributed by atoms with Gasteiger partial charge in [-0.05, 0) is 24.1 Å². The molecule has 2 atom stereocenters. The third kappa shape index (κ3) is 8.02. The Morgan fingerprint density at radius 1 is 1.41 bits per heavy atom. The Morgan fingerprint density at radius 2 is 2.14 bits per heavy atom. The molecule has 2 aliphatic rings. The number of carbonyl (C=O) groups is 1. The monoisotopic (exact) mass is 534 g/mol. The number of nitrogens with two attached hydrogens (primary N) is 1. The zero-order valence-corrected chi connectivity index (χ0v) is 21.7. The van der Waals surface area contributed by atoms with Gasteiger partial charge in [-0.25, -0.2) is 4.68 Å². The van der Waals surface area contributed by atoms with Gasteiger partial charge in [0, 0.05) is 49.3 Å². The van der Waals surface area contributed by atoms with Crippen molar-refractivity contribution in [2.24, 2.45) is 0 Å². The molecule has 12 heteroatoms. The van der Waals surface area contributed by atoms with Gasteiger partial charge in [0.05, 0.1) is 30.5 Å². The second kappa shape index (κ2) is 13.6. The quantitative estimate of drug-likeness (QED) is 0.267. The van der Waals surface area contributed by atoms with Gasteiger partial charge < -0.3 is 20.3 Å². The summed E-state index contributed by atoms with van der Waals surface area (Å²) < 4.78 is 45.0. The first-order chi connectivity index (χ1) is 17.7. The Hall–Kier alpha value is -2.95. The van der Waals surface area contributed by atoms with Crippen molar-refractivity contribution in [1.82, 2.24) is 24.3 Å². The number of ether oxygens (including phenoxy) is 1. The van der Waals surface area contributed by atoms with Crippen LogP contribution in [-0.2, 0) is 16.1 Å². The van der Waals surface area contributed by atoms with Crippen LogP contribution in [0.15, 0.2) is 47.5 Å². The van der Waals surface area contributed by atoms with Gasteiger partial charge in [-0.15, -0.1) is 10.7 Å². The molecule has 1 aromatic rings.